The Bertz CT molecular complexity index is 1310. The number of hydrogen-bond acceptors (Lipinski definition) is 6. The molecule has 3 aromatic carbocycles. The first kappa shape index (κ1) is 22.5. The van der Waals surface area contributed by atoms with Gasteiger partial charge in [-0.25, -0.2) is 0 Å². The highest BCUT2D eigenvalue weighted by atomic mass is 16.6. The normalized spacial score (nSPS) is 15.7. The van der Waals surface area contributed by atoms with E-state index in [0.29, 0.717) is 11.4 Å². The first-order chi connectivity index (χ1) is 16.4. The van der Waals surface area contributed by atoms with Crippen molar-refractivity contribution in [3.8, 4) is 5.75 Å². The minimum atomic E-state index is -1.20. The smallest absolute Gasteiger partial charge is 0.294 e. The zero-order chi connectivity index (χ0) is 24.2. The molecule has 1 amide bonds. The molecule has 0 fully saturated rings. The molecule has 170 valence electrons. The fourth-order valence-electron chi connectivity index (χ4n) is 3.87. The molecule has 0 aliphatic carbocycles. The largest absolute Gasteiger partial charge is 0.503 e. The summed E-state index contributed by atoms with van der Waals surface area (Å²) in [4.78, 5) is 38.8. The fourth-order valence-corrected chi connectivity index (χ4v) is 3.87. The van der Waals surface area contributed by atoms with E-state index in [9.17, 15) is 24.8 Å². The molecule has 34 heavy (non-hydrogen) atoms. The van der Waals surface area contributed by atoms with Crippen molar-refractivity contribution < 1.29 is 24.4 Å². The Kier molecular flexibility index (Phi) is 6.22. The van der Waals surface area contributed by atoms with Gasteiger partial charge in [0.05, 0.1) is 23.2 Å². The van der Waals surface area contributed by atoms with E-state index in [-0.39, 0.29) is 16.8 Å². The van der Waals surface area contributed by atoms with Gasteiger partial charge in [-0.2, -0.15) is 0 Å². The third-order valence-electron chi connectivity index (χ3n) is 5.48. The van der Waals surface area contributed by atoms with Crippen molar-refractivity contribution in [2.75, 3.05) is 12.0 Å². The Labute approximate surface area is 195 Å². The first-order valence-electron chi connectivity index (χ1n) is 10.3. The van der Waals surface area contributed by atoms with Crippen molar-refractivity contribution in [2.45, 2.75) is 6.04 Å². The van der Waals surface area contributed by atoms with Crippen LogP contribution in [0.4, 0.5) is 11.4 Å². The van der Waals surface area contributed by atoms with E-state index < -0.39 is 28.4 Å². The van der Waals surface area contributed by atoms with Gasteiger partial charge < -0.3 is 9.84 Å². The highest BCUT2D eigenvalue weighted by Crippen LogP contribution is 2.44. The van der Waals surface area contributed by atoms with E-state index in [4.69, 9.17) is 4.74 Å². The number of amides is 1. The van der Waals surface area contributed by atoms with Crippen LogP contribution in [-0.2, 0) is 9.59 Å². The summed E-state index contributed by atoms with van der Waals surface area (Å²) in [5, 5.41) is 22.5. The molecule has 8 heteroatoms. The molecule has 0 radical (unpaired) electrons. The number of allylic oxidation sites excluding steroid dienone is 1. The van der Waals surface area contributed by atoms with Crippen LogP contribution in [0.25, 0.3) is 6.08 Å². The number of anilines is 1. The van der Waals surface area contributed by atoms with Gasteiger partial charge in [-0.1, -0.05) is 48.5 Å². The molecule has 1 heterocycles. The average Bonchev–Trinajstić information content (AvgIpc) is 3.13. The van der Waals surface area contributed by atoms with Gasteiger partial charge in [0, 0.05) is 11.8 Å². The molecule has 0 aromatic heterocycles. The maximum absolute atomic E-state index is 13.2. The van der Waals surface area contributed by atoms with Crippen molar-refractivity contribution >= 4 is 29.1 Å². The fraction of sp³-hybridized carbons (Fsp3) is 0.0769. The zero-order valence-electron chi connectivity index (χ0n) is 18.1. The molecule has 0 bridgehead atoms. The van der Waals surface area contributed by atoms with Crippen LogP contribution in [0.2, 0.25) is 0 Å². The molecule has 8 nitrogen and oxygen atoms in total. The van der Waals surface area contributed by atoms with Gasteiger partial charge in [0.15, 0.2) is 11.5 Å². The van der Waals surface area contributed by atoms with Gasteiger partial charge in [-0.15, -0.1) is 0 Å². The number of nitro benzene ring substituents is 1. The Balaban J connectivity index is 1.84. The Hall–Kier alpha value is -4.72. The summed E-state index contributed by atoms with van der Waals surface area (Å²) in [5.74, 6) is -1.67. The van der Waals surface area contributed by atoms with Crippen molar-refractivity contribution in [1.29, 1.82) is 0 Å². The lowest BCUT2D eigenvalue weighted by atomic mass is 9.94. The lowest BCUT2D eigenvalue weighted by Gasteiger charge is -2.26. The second-order valence-corrected chi connectivity index (χ2v) is 7.46. The maximum Gasteiger partial charge on any atom is 0.294 e. The van der Waals surface area contributed by atoms with E-state index in [2.05, 4.69) is 0 Å². The third-order valence-corrected chi connectivity index (χ3v) is 5.48. The Morgan fingerprint density at radius 2 is 1.68 bits per heavy atom. The topological polar surface area (TPSA) is 110 Å². The van der Waals surface area contributed by atoms with Crippen LogP contribution in [0.1, 0.15) is 17.2 Å². The molecule has 0 unspecified atom stereocenters. The molecular weight excluding hydrogens is 436 g/mol. The molecule has 0 spiro atoms. The minimum absolute atomic E-state index is 0.108. The second-order valence-electron chi connectivity index (χ2n) is 7.46. The van der Waals surface area contributed by atoms with E-state index >= 15 is 0 Å². The highest BCUT2D eigenvalue weighted by molar-refractivity contribution is 6.20. The zero-order valence-corrected chi connectivity index (χ0v) is 18.1. The van der Waals surface area contributed by atoms with Gasteiger partial charge >= 0.3 is 0 Å². The number of nitrogens with zero attached hydrogens (tertiary/aromatic N) is 2. The molecule has 0 saturated heterocycles. The number of aliphatic hydroxyl groups is 1. The van der Waals surface area contributed by atoms with Crippen LogP contribution in [0.5, 0.6) is 5.75 Å². The number of rotatable bonds is 7. The summed E-state index contributed by atoms with van der Waals surface area (Å²) >= 11 is 0. The Morgan fingerprint density at radius 1 is 1.03 bits per heavy atom. The number of benzene rings is 3. The van der Waals surface area contributed by atoms with Crippen LogP contribution >= 0.6 is 0 Å². The molecule has 1 atom stereocenters. The number of carbonyl (C=O) groups is 2. The number of para-hydroxylation sites is 1. The summed E-state index contributed by atoms with van der Waals surface area (Å²) in [6.07, 6.45) is 2.80. The van der Waals surface area contributed by atoms with Crippen LogP contribution in [0, 0.1) is 10.1 Å². The highest BCUT2D eigenvalue weighted by Gasteiger charge is 2.46. The van der Waals surface area contributed by atoms with Crippen molar-refractivity contribution in [3.05, 3.63) is 118 Å². The molecule has 1 N–H and O–H groups in total. The Morgan fingerprint density at radius 3 is 2.32 bits per heavy atom. The lowest BCUT2D eigenvalue weighted by molar-refractivity contribution is -0.385. The van der Waals surface area contributed by atoms with Crippen LogP contribution in [-0.4, -0.2) is 28.8 Å². The van der Waals surface area contributed by atoms with Crippen molar-refractivity contribution in [2.24, 2.45) is 0 Å². The van der Waals surface area contributed by atoms with Gasteiger partial charge in [0.25, 0.3) is 11.6 Å². The van der Waals surface area contributed by atoms with Crippen molar-refractivity contribution in [3.63, 3.8) is 0 Å². The average molecular weight is 456 g/mol. The molecule has 1 aliphatic rings. The summed E-state index contributed by atoms with van der Waals surface area (Å²) < 4.78 is 5.16. The van der Waals surface area contributed by atoms with Crippen LogP contribution in [0.15, 0.2) is 96.3 Å². The number of carbonyl (C=O) groups excluding carboxylic acids is 2. The van der Waals surface area contributed by atoms with E-state index in [0.717, 1.165) is 5.56 Å². The van der Waals surface area contributed by atoms with Gasteiger partial charge in [-0.3, -0.25) is 24.6 Å². The molecule has 1 aliphatic heterocycles. The van der Waals surface area contributed by atoms with Crippen LogP contribution < -0.4 is 9.64 Å². The summed E-state index contributed by atoms with van der Waals surface area (Å²) in [7, 11) is 1.50. The van der Waals surface area contributed by atoms with E-state index in [1.165, 1.54) is 36.3 Å². The summed E-state index contributed by atoms with van der Waals surface area (Å²) in [6, 6.07) is 20.1. The van der Waals surface area contributed by atoms with E-state index in [1.807, 2.05) is 18.2 Å². The predicted octanol–water partition coefficient (Wildman–Crippen LogP) is 4.79. The number of ketones is 1. The predicted molar refractivity (Wildman–Crippen MR) is 126 cm³/mol. The van der Waals surface area contributed by atoms with E-state index in [1.54, 1.807) is 48.5 Å². The standard InChI is InChI=1S/C26H20N2O6/c1-34-19-14-12-18(13-15-19)27-24(20-9-5-6-10-21(20)28(32)33)23(25(30)26(27)31)22(29)16-11-17-7-3-2-4-8-17/h2-16,24,30H,1H3/b16-11+/t24-/m1/s1. The molecule has 0 saturated carbocycles. The number of ether oxygens (including phenoxy) is 1. The molecular formula is C26H20N2O6. The summed E-state index contributed by atoms with van der Waals surface area (Å²) in [6.45, 7) is 0. The van der Waals surface area contributed by atoms with Gasteiger partial charge in [0.2, 0.25) is 0 Å². The molecule has 3 aromatic rings. The maximum atomic E-state index is 13.2. The monoisotopic (exact) mass is 456 g/mol. The lowest BCUT2D eigenvalue weighted by Crippen LogP contribution is -2.31. The quantitative estimate of drug-likeness (QED) is 0.311. The van der Waals surface area contributed by atoms with Gasteiger partial charge in [0.1, 0.15) is 11.8 Å². The van der Waals surface area contributed by atoms with Crippen molar-refractivity contribution in [1.82, 2.24) is 0 Å². The minimum Gasteiger partial charge on any atom is -0.503 e. The van der Waals surface area contributed by atoms with Crippen LogP contribution in [0.3, 0.4) is 0 Å². The third kappa shape index (κ3) is 4.16. The summed E-state index contributed by atoms with van der Waals surface area (Å²) in [5.41, 5.74) is 0.690. The first-order valence-corrected chi connectivity index (χ1v) is 10.3. The number of nitro groups is 1. The SMILES string of the molecule is COc1ccc(N2C(=O)C(O)=C(C(=O)/C=C/c3ccccc3)[C@H]2c2ccccc2[N+](=O)[O-])cc1. The number of aliphatic hydroxyl groups excluding tert-OH is 1. The number of methoxy groups -OCH3 is 1. The van der Waals surface area contributed by atoms with Gasteiger partial charge in [-0.05, 0) is 42.0 Å². The molecule has 4 rings (SSSR count). The number of hydrogen-bond donors (Lipinski definition) is 1. The second kappa shape index (κ2) is 9.41.